The van der Waals surface area contributed by atoms with Crippen LogP contribution in [0.4, 0.5) is 26.3 Å². The molecule has 3 aromatic rings. The van der Waals surface area contributed by atoms with Crippen LogP contribution in [0.2, 0.25) is 0 Å². The SMILES string of the molecule is O=C(NCc1ccc(S(=O)(=O)c2cccc(C(F)(F)F)c2)cn1)c1ccnc(C(F)(F)F)c1. The Bertz CT molecular complexity index is 1270. The summed E-state index contributed by atoms with van der Waals surface area (Å²) in [5.41, 5.74) is -2.49. The quantitative estimate of drug-likeness (QED) is 0.541. The Morgan fingerprint density at radius 2 is 1.61 bits per heavy atom. The van der Waals surface area contributed by atoms with Crippen molar-refractivity contribution < 1.29 is 39.6 Å². The molecule has 0 saturated carbocycles. The number of carbonyl (C=O) groups excluding carboxylic acids is 1. The number of rotatable bonds is 5. The third-order valence-corrected chi connectivity index (χ3v) is 6.06. The van der Waals surface area contributed by atoms with Gasteiger partial charge in [0.15, 0.2) is 0 Å². The topological polar surface area (TPSA) is 89.0 Å². The van der Waals surface area contributed by atoms with Crippen molar-refractivity contribution in [3.05, 3.63) is 83.4 Å². The maximum Gasteiger partial charge on any atom is 0.433 e. The fraction of sp³-hybridized carbons (Fsp3) is 0.150. The summed E-state index contributed by atoms with van der Waals surface area (Å²) in [7, 11) is -4.29. The molecule has 0 unspecified atom stereocenters. The summed E-state index contributed by atoms with van der Waals surface area (Å²) in [6.45, 7) is -0.244. The van der Waals surface area contributed by atoms with E-state index in [0.29, 0.717) is 12.1 Å². The lowest BCUT2D eigenvalue weighted by Gasteiger charge is -2.10. The normalized spacial score (nSPS) is 12.4. The van der Waals surface area contributed by atoms with E-state index in [0.717, 1.165) is 42.7 Å². The zero-order valence-electron chi connectivity index (χ0n) is 16.3. The van der Waals surface area contributed by atoms with Gasteiger partial charge in [-0.1, -0.05) is 6.07 Å². The van der Waals surface area contributed by atoms with Crippen molar-refractivity contribution in [2.45, 2.75) is 28.7 Å². The second-order valence-corrected chi connectivity index (χ2v) is 8.57. The van der Waals surface area contributed by atoms with E-state index in [1.807, 2.05) is 0 Å². The van der Waals surface area contributed by atoms with Gasteiger partial charge < -0.3 is 5.32 Å². The Labute approximate surface area is 183 Å². The van der Waals surface area contributed by atoms with Gasteiger partial charge in [-0.15, -0.1) is 0 Å². The molecule has 0 aliphatic carbocycles. The number of carbonyl (C=O) groups is 1. The minimum atomic E-state index is -4.72. The number of alkyl halides is 6. The van der Waals surface area contributed by atoms with Crippen molar-refractivity contribution in [1.82, 2.24) is 15.3 Å². The molecule has 0 aliphatic rings. The van der Waals surface area contributed by atoms with Crippen LogP contribution in [0.5, 0.6) is 0 Å². The van der Waals surface area contributed by atoms with Crippen molar-refractivity contribution in [2.75, 3.05) is 0 Å². The van der Waals surface area contributed by atoms with Gasteiger partial charge in [0.1, 0.15) is 5.69 Å². The fourth-order valence-corrected chi connectivity index (χ4v) is 3.90. The number of sulfone groups is 1. The first kappa shape index (κ1) is 24.2. The maximum absolute atomic E-state index is 12.9. The molecule has 0 saturated heterocycles. The number of halogens is 6. The van der Waals surface area contributed by atoms with Gasteiger partial charge in [-0.3, -0.25) is 14.8 Å². The van der Waals surface area contributed by atoms with Gasteiger partial charge in [0.05, 0.1) is 27.6 Å². The van der Waals surface area contributed by atoms with E-state index in [1.54, 1.807) is 0 Å². The third-order valence-electron chi connectivity index (χ3n) is 4.32. The van der Waals surface area contributed by atoms with Crippen LogP contribution in [0.1, 0.15) is 27.3 Å². The van der Waals surface area contributed by atoms with Crippen LogP contribution >= 0.6 is 0 Å². The summed E-state index contributed by atoms with van der Waals surface area (Å²) in [5, 5.41) is 2.34. The van der Waals surface area contributed by atoms with Crippen molar-refractivity contribution in [3.63, 3.8) is 0 Å². The predicted octanol–water partition coefficient (Wildman–Crippen LogP) is 4.28. The molecule has 0 aliphatic heterocycles. The summed E-state index contributed by atoms with van der Waals surface area (Å²) < 4.78 is 102. The third kappa shape index (κ3) is 5.66. The van der Waals surface area contributed by atoms with Crippen LogP contribution < -0.4 is 5.32 Å². The zero-order valence-corrected chi connectivity index (χ0v) is 17.1. The number of aromatic nitrogens is 2. The van der Waals surface area contributed by atoms with E-state index in [2.05, 4.69) is 15.3 Å². The van der Waals surface area contributed by atoms with Crippen LogP contribution in [0.3, 0.4) is 0 Å². The fourth-order valence-electron chi connectivity index (χ4n) is 2.65. The van der Waals surface area contributed by atoms with E-state index in [1.165, 1.54) is 6.07 Å². The number of nitrogens with one attached hydrogen (secondary N) is 1. The van der Waals surface area contributed by atoms with Gasteiger partial charge in [-0.2, -0.15) is 26.3 Å². The predicted molar refractivity (Wildman–Crippen MR) is 102 cm³/mol. The Morgan fingerprint density at radius 3 is 2.21 bits per heavy atom. The second kappa shape index (κ2) is 8.81. The first-order valence-corrected chi connectivity index (χ1v) is 10.5. The average molecular weight is 489 g/mol. The first-order chi connectivity index (χ1) is 15.3. The molecule has 1 N–H and O–H groups in total. The van der Waals surface area contributed by atoms with Crippen LogP contribution in [-0.2, 0) is 28.7 Å². The summed E-state index contributed by atoms with van der Waals surface area (Å²) in [6, 6.07) is 7.21. The monoisotopic (exact) mass is 489 g/mol. The summed E-state index contributed by atoms with van der Waals surface area (Å²) in [6.07, 6.45) is -7.70. The summed E-state index contributed by atoms with van der Waals surface area (Å²) in [5.74, 6) is -0.842. The average Bonchev–Trinajstić information content (AvgIpc) is 2.77. The molecule has 33 heavy (non-hydrogen) atoms. The number of nitrogens with zero attached hydrogens (tertiary/aromatic N) is 2. The highest BCUT2D eigenvalue weighted by Gasteiger charge is 2.33. The van der Waals surface area contributed by atoms with Crippen molar-refractivity contribution >= 4 is 15.7 Å². The number of hydrogen-bond donors (Lipinski definition) is 1. The highest BCUT2D eigenvalue weighted by molar-refractivity contribution is 7.91. The van der Waals surface area contributed by atoms with E-state index in [-0.39, 0.29) is 22.7 Å². The minimum Gasteiger partial charge on any atom is -0.346 e. The molecule has 0 bridgehead atoms. The molecule has 0 atom stereocenters. The molecule has 1 aromatic carbocycles. The lowest BCUT2D eigenvalue weighted by Crippen LogP contribution is -2.24. The molecule has 2 heterocycles. The smallest absolute Gasteiger partial charge is 0.346 e. The Kier molecular flexibility index (Phi) is 6.45. The minimum absolute atomic E-state index is 0.163. The van der Waals surface area contributed by atoms with Crippen molar-refractivity contribution in [1.29, 1.82) is 0 Å². The molecule has 1 amide bonds. The lowest BCUT2D eigenvalue weighted by molar-refractivity contribution is -0.141. The standard InChI is InChI=1S/C20H13F6N3O3S/c21-19(22,23)13-2-1-3-15(9-13)33(31,32)16-5-4-14(28-11-16)10-29-18(30)12-6-7-27-17(8-12)20(24,25)26/h1-9,11H,10H2,(H,29,30). The number of benzene rings is 1. The van der Waals surface area contributed by atoms with Crippen LogP contribution in [0, 0.1) is 0 Å². The van der Waals surface area contributed by atoms with Crippen LogP contribution in [0.15, 0.2) is 70.7 Å². The number of amides is 1. The van der Waals surface area contributed by atoms with E-state index in [4.69, 9.17) is 0 Å². The molecule has 174 valence electrons. The van der Waals surface area contributed by atoms with Gasteiger partial charge >= 0.3 is 12.4 Å². The Hall–Kier alpha value is -3.48. The van der Waals surface area contributed by atoms with Crippen LogP contribution in [-0.4, -0.2) is 24.3 Å². The second-order valence-electron chi connectivity index (χ2n) is 6.62. The maximum atomic E-state index is 12.9. The van der Waals surface area contributed by atoms with Gasteiger partial charge in [0.2, 0.25) is 9.84 Å². The van der Waals surface area contributed by atoms with E-state index >= 15 is 0 Å². The first-order valence-electron chi connectivity index (χ1n) is 8.97. The highest BCUT2D eigenvalue weighted by atomic mass is 32.2. The van der Waals surface area contributed by atoms with Gasteiger partial charge in [0, 0.05) is 18.0 Å². The Balaban J connectivity index is 1.73. The van der Waals surface area contributed by atoms with Gasteiger partial charge in [-0.05, 0) is 42.5 Å². The molecule has 0 spiro atoms. The molecule has 3 rings (SSSR count). The zero-order chi connectivity index (χ0) is 24.4. The molecule has 6 nitrogen and oxygen atoms in total. The number of hydrogen-bond acceptors (Lipinski definition) is 5. The molecular formula is C20H13F6N3O3S. The molecule has 0 radical (unpaired) electrons. The molecular weight excluding hydrogens is 476 g/mol. The van der Waals surface area contributed by atoms with Gasteiger partial charge in [0.25, 0.3) is 5.91 Å². The van der Waals surface area contributed by atoms with Crippen molar-refractivity contribution in [3.8, 4) is 0 Å². The highest BCUT2D eigenvalue weighted by Crippen LogP contribution is 2.32. The Morgan fingerprint density at radius 1 is 0.879 bits per heavy atom. The van der Waals surface area contributed by atoms with Crippen molar-refractivity contribution in [2.24, 2.45) is 0 Å². The summed E-state index contributed by atoms with van der Waals surface area (Å²) in [4.78, 5) is 18.2. The number of pyridine rings is 2. The molecule has 2 aromatic heterocycles. The van der Waals surface area contributed by atoms with E-state index in [9.17, 15) is 39.6 Å². The van der Waals surface area contributed by atoms with Gasteiger partial charge in [-0.25, -0.2) is 8.42 Å². The summed E-state index contributed by atoms with van der Waals surface area (Å²) >= 11 is 0. The van der Waals surface area contributed by atoms with Crippen LogP contribution in [0.25, 0.3) is 0 Å². The molecule has 13 heteroatoms. The van der Waals surface area contributed by atoms with E-state index < -0.39 is 44.2 Å². The molecule has 0 fully saturated rings. The lowest BCUT2D eigenvalue weighted by atomic mass is 10.2. The largest absolute Gasteiger partial charge is 0.433 e.